The number of aryl methyl sites for hydroxylation is 1. The number of rotatable bonds is 3. The van der Waals surface area contributed by atoms with E-state index in [0.717, 1.165) is 18.5 Å². The number of carbonyl (C=O) groups excluding carboxylic acids is 1. The summed E-state index contributed by atoms with van der Waals surface area (Å²) < 4.78 is 34.4. The Morgan fingerprint density at radius 1 is 1.38 bits per heavy atom. The highest BCUT2D eigenvalue weighted by molar-refractivity contribution is 7.85. The standard InChI is InChI=1S/C10H13NO2.C7H8O3S/c1-3-7-13-10(12)9-5-4-6-11(2)8-9;1-6-2-4-7(5-3-6)11(8,9)10/h1,5H,4,6-8H2,2H3;2-5H,1H3,(H,8,9,10). The summed E-state index contributed by atoms with van der Waals surface area (Å²) in [5, 5.41) is 0. The van der Waals surface area contributed by atoms with Crippen LogP contribution in [0.1, 0.15) is 12.0 Å². The van der Waals surface area contributed by atoms with Crippen molar-refractivity contribution in [2.75, 3.05) is 26.7 Å². The third kappa shape index (κ3) is 6.96. The fourth-order valence-corrected chi connectivity index (χ4v) is 2.43. The lowest BCUT2D eigenvalue weighted by molar-refractivity contribution is -0.138. The lowest BCUT2D eigenvalue weighted by Crippen LogP contribution is -2.29. The summed E-state index contributed by atoms with van der Waals surface area (Å²) in [5.74, 6) is 1.98. The molecule has 0 bridgehead atoms. The SMILES string of the molecule is C#CCOC(=O)C1=CCCN(C)C1.Cc1ccc(S(=O)(=O)O)cc1. The van der Waals surface area contributed by atoms with Crippen molar-refractivity contribution in [2.45, 2.75) is 18.2 Å². The maximum atomic E-state index is 11.3. The van der Waals surface area contributed by atoms with Gasteiger partial charge >= 0.3 is 5.97 Å². The van der Waals surface area contributed by atoms with Crippen LogP contribution in [0.4, 0.5) is 0 Å². The molecule has 1 aliphatic rings. The van der Waals surface area contributed by atoms with Gasteiger partial charge in [0.25, 0.3) is 10.1 Å². The molecule has 1 N–H and O–H groups in total. The van der Waals surface area contributed by atoms with E-state index in [2.05, 4.69) is 10.8 Å². The Balaban J connectivity index is 0.000000243. The van der Waals surface area contributed by atoms with Gasteiger partial charge in [-0.1, -0.05) is 29.7 Å². The molecule has 1 heterocycles. The van der Waals surface area contributed by atoms with Crippen molar-refractivity contribution in [3.05, 3.63) is 41.5 Å². The maximum Gasteiger partial charge on any atom is 0.335 e. The number of likely N-dealkylation sites (N-methyl/N-ethyl adjacent to an activating group) is 1. The quantitative estimate of drug-likeness (QED) is 0.507. The zero-order chi connectivity index (χ0) is 18.2. The van der Waals surface area contributed by atoms with Crippen LogP contribution in [0.2, 0.25) is 0 Å². The molecule has 0 unspecified atom stereocenters. The van der Waals surface area contributed by atoms with Crippen molar-refractivity contribution < 1.29 is 22.5 Å². The van der Waals surface area contributed by atoms with E-state index >= 15 is 0 Å². The number of esters is 1. The average molecular weight is 351 g/mol. The van der Waals surface area contributed by atoms with E-state index < -0.39 is 10.1 Å². The average Bonchev–Trinajstić information content (AvgIpc) is 2.52. The molecule has 1 aromatic carbocycles. The fraction of sp³-hybridized carbons (Fsp3) is 0.353. The van der Waals surface area contributed by atoms with Crippen LogP contribution in [0.15, 0.2) is 40.8 Å². The second-order valence-corrected chi connectivity index (χ2v) is 6.75. The van der Waals surface area contributed by atoms with E-state index in [9.17, 15) is 13.2 Å². The zero-order valence-electron chi connectivity index (χ0n) is 13.7. The van der Waals surface area contributed by atoms with Gasteiger partial charge in [-0.2, -0.15) is 8.42 Å². The molecule has 6 nitrogen and oxygen atoms in total. The topological polar surface area (TPSA) is 83.9 Å². The van der Waals surface area contributed by atoms with Gasteiger partial charge in [0.05, 0.1) is 4.90 Å². The van der Waals surface area contributed by atoms with E-state index in [0.29, 0.717) is 12.1 Å². The second kappa shape index (κ2) is 9.23. The molecule has 7 heteroatoms. The number of terminal acetylenes is 1. The highest BCUT2D eigenvalue weighted by Gasteiger charge is 2.15. The third-order valence-corrected chi connectivity index (χ3v) is 4.08. The molecular weight excluding hydrogens is 330 g/mol. The predicted octanol–water partition coefficient (Wildman–Crippen LogP) is 1.67. The lowest BCUT2D eigenvalue weighted by Gasteiger charge is -2.21. The number of ether oxygens (including phenoxy) is 1. The molecule has 1 aromatic rings. The first-order valence-corrected chi connectivity index (χ1v) is 8.70. The summed E-state index contributed by atoms with van der Waals surface area (Å²) in [6.07, 6.45) is 7.79. The van der Waals surface area contributed by atoms with Gasteiger partial charge in [-0.3, -0.25) is 4.55 Å². The number of hydrogen-bond acceptors (Lipinski definition) is 5. The van der Waals surface area contributed by atoms with E-state index in [-0.39, 0.29) is 17.5 Å². The van der Waals surface area contributed by atoms with Crippen molar-refractivity contribution in [2.24, 2.45) is 0 Å². The van der Waals surface area contributed by atoms with E-state index in [1.807, 2.05) is 20.0 Å². The summed E-state index contributed by atoms with van der Waals surface area (Å²) in [6, 6.07) is 5.99. The summed E-state index contributed by atoms with van der Waals surface area (Å²) in [6.45, 7) is 3.54. The van der Waals surface area contributed by atoms with E-state index in [1.165, 1.54) is 12.1 Å². The predicted molar refractivity (Wildman–Crippen MR) is 91.0 cm³/mol. The second-order valence-electron chi connectivity index (χ2n) is 5.32. The van der Waals surface area contributed by atoms with E-state index in [1.54, 1.807) is 12.1 Å². The molecule has 2 rings (SSSR count). The van der Waals surface area contributed by atoms with Crippen LogP contribution in [0.5, 0.6) is 0 Å². The Kier molecular flexibility index (Phi) is 7.65. The van der Waals surface area contributed by atoms with Gasteiger partial charge < -0.3 is 9.64 Å². The highest BCUT2D eigenvalue weighted by Crippen LogP contribution is 2.09. The molecule has 0 saturated heterocycles. The Morgan fingerprint density at radius 3 is 2.50 bits per heavy atom. The van der Waals surface area contributed by atoms with Crippen molar-refractivity contribution >= 4 is 16.1 Å². The van der Waals surface area contributed by atoms with Gasteiger partial charge in [0, 0.05) is 18.7 Å². The first-order valence-electron chi connectivity index (χ1n) is 7.26. The van der Waals surface area contributed by atoms with E-state index in [4.69, 9.17) is 15.7 Å². The Morgan fingerprint density at radius 2 is 2.00 bits per heavy atom. The molecule has 0 radical (unpaired) electrons. The first kappa shape index (κ1) is 19.9. The van der Waals surface area contributed by atoms with Crippen LogP contribution in [-0.2, 0) is 19.6 Å². The minimum absolute atomic E-state index is 0.0554. The maximum absolute atomic E-state index is 11.3. The molecule has 0 aliphatic carbocycles. The van der Waals surface area contributed by atoms with Gasteiger partial charge in [-0.15, -0.1) is 6.42 Å². The number of carbonyl (C=O) groups is 1. The molecule has 0 spiro atoms. The Labute approximate surface area is 142 Å². The molecule has 1 aliphatic heterocycles. The largest absolute Gasteiger partial charge is 0.449 e. The van der Waals surface area contributed by atoms with Gasteiger partial charge in [0.15, 0.2) is 6.61 Å². The van der Waals surface area contributed by atoms with Crippen LogP contribution in [-0.4, -0.2) is 50.6 Å². The molecule has 0 amide bonds. The van der Waals surface area contributed by atoms with Crippen LogP contribution in [0, 0.1) is 19.3 Å². The van der Waals surface area contributed by atoms with Crippen molar-refractivity contribution in [3.8, 4) is 12.3 Å². The number of benzene rings is 1. The van der Waals surface area contributed by atoms with Crippen LogP contribution < -0.4 is 0 Å². The van der Waals surface area contributed by atoms with Crippen molar-refractivity contribution in [1.82, 2.24) is 4.90 Å². The Hall–Kier alpha value is -2.14. The summed E-state index contributed by atoms with van der Waals surface area (Å²) >= 11 is 0. The fourth-order valence-electron chi connectivity index (χ4n) is 1.95. The zero-order valence-corrected chi connectivity index (χ0v) is 14.5. The van der Waals surface area contributed by atoms with Gasteiger partial charge in [-0.05, 0) is 32.5 Å². The third-order valence-electron chi connectivity index (χ3n) is 3.21. The number of nitrogens with zero attached hydrogens (tertiary/aromatic N) is 1. The van der Waals surface area contributed by atoms with Gasteiger partial charge in [0.1, 0.15) is 0 Å². The summed E-state index contributed by atoms with van der Waals surface area (Å²) in [4.78, 5) is 13.3. The summed E-state index contributed by atoms with van der Waals surface area (Å²) in [7, 11) is -2.05. The minimum Gasteiger partial charge on any atom is -0.449 e. The van der Waals surface area contributed by atoms with Crippen LogP contribution in [0.3, 0.4) is 0 Å². The first-order chi connectivity index (χ1) is 11.2. The molecule has 24 heavy (non-hydrogen) atoms. The van der Waals surface area contributed by atoms with Gasteiger partial charge in [0.2, 0.25) is 0 Å². The normalized spacial score (nSPS) is 14.7. The van der Waals surface area contributed by atoms with Crippen molar-refractivity contribution in [1.29, 1.82) is 0 Å². The number of hydrogen-bond donors (Lipinski definition) is 1. The van der Waals surface area contributed by atoms with Crippen LogP contribution in [0.25, 0.3) is 0 Å². The lowest BCUT2D eigenvalue weighted by atomic mass is 10.1. The molecule has 0 aromatic heterocycles. The molecular formula is C17H21NO5S. The van der Waals surface area contributed by atoms with Gasteiger partial charge in [-0.25, -0.2) is 4.79 Å². The molecule has 0 atom stereocenters. The molecule has 0 fully saturated rings. The Bertz CT molecular complexity index is 729. The monoisotopic (exact) mass is 351 g/mol. The molecule has 130 valence electrons. The minimum atomic E-state index is -4.02. The summed E-state index contributed by atoms with van der Waals surface area (Å²) in [5.41, 5.74) is 1.67. The smallest absolute Gasteiger partial charge is 0.335 e. The highest BCUT2D eigenvalue weighted by atomic mass is 32.2. The molecule has 0 saturated carbocycles. The van der Waals surface area contributed by atoms with Crippen LogP contribution >= 0.6 is 0 Å². The van der Waals surface area contributed by atoms with Crippen molar-refractivity contribution in [3.63, 3.8) is 0 Å².